The number of benzene rings is 3. The van der Waals surface area contributed by atoms with E-state index in [4.69, 9.17) is 21.2 Å². The van der Waals surface area contributed by atoms with Gasteiger partial charge in [0, 0.05) is 30.8 Å². The second-order valence-electron chi connectivity index (χ2n) is 10.7. The number of anilines is 1. The van der Waals surface area contributed by atoms with E-state index in [1.54, 1.807) is 30.3 Å². The van der Waals surface area contributed by atoms with Crippen LogP contribution in [0.1, 0.15) is 51.5 Å². The van der Waals surface area contributed by atoms with E-state index in [0.29, 0.717) is 17.7 Å². The third-order valence-electron chi connectivity index (χ3n) is 8.14. The fourth-order valence-electron chi connectivity index (χ4n) is 5.96. The smallest absolute Gasteiger partial charge is 0.337 e. The average molecular weight is 654 g/mol. The zero-order valence-corrected chi connectivity index (χ0v) is 25.9. The van der Waals surface area contributed by atoms with Crippen LogP contribution < -0.4 is 10.6 Å². The summed E-state index contributed by atoms with van der Waals surface area (Å²) in [7, 11) is 1.30. The predicted molar refractivity (Wildman–Crippen MR) is 171 cm³/mol. The summed E-state index contributed by atoms with van der Waals surface area (Å²) < 4.78 is 19.5. The Morgan fingerprint density at radius 3 is 2.56 bits per heavy atom. The van der Waals surface area contributed by atoms with E-state index in [-0.39, 0.29) is 41.7 Å². The number of carbonyl (C=O) groups excluding carboxylic acids is 3. The van der Waals surface area contributed by atoms with Gasteiger partial charge in [-0.3, -0.25) is 9.59 Å². The SMILES string of the molecule is COC(=O)c1ccc(NC(=O)[C@@H]2c3cccc(C4=CCNCC4)c3CCN2C(=O)[C@H]2CC(c3cccc(Cl)c3F)=NO2)cc1.Cl. The summed E-state index contributed by atoms with van der Waals surface area (Å²) in [4.78, 5) is 47.0. The number of esters is 1. The highest BCUT2D eigenvalue weighted by molar-refractivity contribution is 6.31. The Hall–Kier alpha value is -4.25. The number of amides is 2. The van der Waals surface area contributed by atoms with Gasteiger partial charge in [-0.1, -0.05) is 47.1 Å². The number of rotatable bonds is 6. The van der Waals surface area contributed by atoms with Crippen LogP contribution in [0, 0.1) is 5.82 Å². The minimum absolute atomic E-state index is 0. The van der Waals surface area contributed by atoms with Crippen molar-refractivity contribution in [2.24, 2.45) is 5.16 Å². The molecule has 3 aliphatic rings. The normalized spacial score (nSPS) is 18.9. The fraction of sp³-hybridized carbons (Fsp3) is 0.273. The van der Waals surface area contributed by atoms with Crippen molar-refractivity contribution in [2.45, 2.75) is 31.4 Å². The second-order valence-corrected chi connectivity index (χ2v) is 11.1. The number of ether oxygens (including phenoxy) is 1. The van der Waals surface area contributed by atoms with Crippen molar-refractivity contribution in [3.8, 4) is 0 Å². The molecule has 0 saturated carbocycles. The minimum atomic E-state index is -1.03. The van der Waals surface area contributed by atoms with Gasteiger partial charge < -0.3 is 25.1 Å². The van der Waals surface area contributed by atoms with E-state index in [0.717, 1.165) is 36.2 Å². The zero-order valence-electron chi connectivity index (χ0n) is 24.3. The molecule has 45 heavy (non-hydrogen) atoms. The minimum Gasteiger partial charge on any atom is -0.465 e. The van der Waals surface area contributed by atoms with E-state index < -0.39 is 35.7 Å². The summed E-state index contributed by atoms with van der Waals surface area (Å²) in [5.41, 5.74) is 5.28. The fourth-order valence-corrected chi connectivity index (χ4v) is 6.13. The maximum absolute atomic E-state index is 14.7. The van der Waals surface area contributed by atoms with Gasteiger partial charge >= 0.3 is 5.97 Å². The second kappa shape index (κ2) is 13.8. The van der Waals surface area contributed by atoms with Crippen molar-refractivity contribution in [1.82, 2.24) is 10.2 Å². The average Bonchev–Trinajstić information content (AvgIpc) is 3.55. The molecular weight excluding hydrogens is 622 g/mol. The Labute approximate surface area is 270 Å². The van der Waals surface area contributed by atoms with Crippen LogP contribution in [0.15, 0.2) is 71.9 Å². The van der Waals surface area contributed by atoms with Crippen LogP contribution in [-0.4, -0.2) is 61.2 Å². The van der Waals surface area contributed by atoms with Gasteiger partial charge in [-0.2, -0.15) is 0 Å². The number of nitrogens with one attached hydrogen (secondary N) is 2. The molecule has 2 N–H and O–H groups in total. The molecule has 0 bridgehead atoms. The molecule has 0 unspecified atom stereocenters. The molecule has 2 amide bonds. The van der Waals surface area contributed by atoms with Crippen molar-refractivity contribution in [3.05, 3.63) is 105 Å². The van der Waals surface area contributed by atoms with Gasteiger partial charge in [0.15, 0.2) is 5.82 Å². The Bertz CT molecular complexity index is 1690. The number of methoxy groups -OCH3 is 1. The molecule has 3 aromatic rings. The zero-order chi connectivity index (χ0) is 30.8. The van der Waals surface area contributed by atoms with Gasteiger partial charge in [-0.25, -0.2) is 9.18 Å². The first kappa shape index (κ1) is 32.2. The first-order chi connectivity index (χ1) is 21.4. The first-order valence-electron chi connectivity index (χ1n) is 14.3. The predicted octanol–water partition coefficient (Wildman–Crippen LogP) is 5.32. The largest absolute Gasteiger partial charge is 0.465 e. The summed E-state index contributed by atoms with van der Waals surface area (Å²) >= 11 is 5.96. The van der Waals surface area contributed by atoms with Crippen LogP contribution in [0.2, 0.25) is 5.02 Å². The molecule has 3 aromatic carbocycles. The lowest BCUT2D eigenvalue weighted by Gasteiger charge is -2.38. The summed E-state index contributed by atoms with van der Waals surface area (Å²) in [6, 6.07) is 15.8. The first-order valence-corrected chi connectivity index (χ1v) is 14.7. The molecule has 0 aromatic heterocycles. The third kappa shape index (κ3) is 6.45. The molecule has 0 radical (unpaired) electrons. The van der Waals surface area contributed by atoms with Crippen molar-refractivity contribution >= 4 is 58.8 Å². The Kier molecular flexibility index (Phi) is 9.86. The quantitative estimate of drug-likeness (QED) is 0.349. The van der Waals surface area contributed by atoms with Crippen LogP contribution in [0.4, 0.5) is 10.1 Å². The van der Waals surface area contributed by atoms with Gasteiger partial charge in [0.1, 0.15) is 6.04 Å². The van der Waals surface area contributed by atoms with Gasteiger partial charge in [-0.15, -0.1) is 12.4 Å². The Balaban J connectivity index is 0.00000400. The molecular formula is C33H31Cl2FN4O5. The molecule has 234 valence electrons. The van der Waals surface area contributed by atoms with E-state index in [2.05, 4.69) is 27.9 Å². The highest BCUT2D eigenvalue weighted by Gasteiger charge is 2.42. The summed E-state index contributed by atoms with van der Waals surface area (Å²) in [6.45, 7) is 1.90. The van der Waals surface area contributed by atoms with Crippen LogP contribution >= 0.6 is 24.0 Å². The molecule has 12 heteroatoms. The van der Waals surface area contributed by atoms with Crippen molar-refractivity contribution in [3.63, 3.8) is 0 Å². The highest BCUT2D eigenvalue weighted by Crippen LogP contribution is 2.37. The Morgan fingerprint density at radius 2 is 1.82 bits per heavy atom. The number of oxime groups is 1. The van der Waals surface area contributed by atoms with E-state index in [9.17, 15) is 18.8 Å². The van der Waals surface area contributed by atoms with Crippen LogP contribution in [0.25, 0.3) is 5.57 Å². The van der Waals surface area contributed by atoms with Crippen LogP contribution in [0.5, 0.6) is 0 Å². The van der Waals surface area contributed by atoms with E-state index in [1.165, 1.54) is 29.7 Å². The number of halogens is 3. The van der Waals surface area contributed by atoms with Crippen LogP contribution in [-0.2, 0) is 25.6 Å². The lowest BCUT2D eigenvalue weighted by Crippen LogP contribution is -2.49. The summed E-state index contributed by atoms with van der Waals surface area (Å²) in [5.74, 6) is -1.96. The van der Waals surface area contributed by atoms with Gasteiger partial charge in [-0.05, 0) is 78.0 Å². The van der Waals surface area contributed by atoms with Crippen molar-refractivity contribution in [1.29, 1.82) is 0 Å². The monoisotopic (exact) mass is 652 g/mol. The lowest BCUT2D eigenvalue weighted by molar-refractivity contribution is -0.148. The molecule has 0 fully saturated rings. The number of hydrogen-bond acceptors (Lipinski definition) is 7. The highest BCUT2D eigenvalue weighted by atomic mass is 35.5. The number of fused-ring (bicyclic) bond motifs is 1. The Morgan fingerprint density at radius 1 is 1.07 bits per heavy atom. The van der Waals surface area contributed by atoms with E-state index >= 15 is 0 Å². The number of nitrogens with zero attached hydrogens (tertiary/aromatic N) is 2. The van der Waals surface area contributed by atoms with Crippen molar-refractivity contribution in [2.75, 3.05) is 32.1 Å². The molecule has 2 atom stereocenters. The molecule has 3 heterocycles. The molecule has 0 spiro atoms. The summed E-state index contributed by atoms with van der Waals surface area (Å²) in [5, 5.41) is 10.2. The topological polar surface area (TPSA) is 109 Å². The third-order valence-corrected chi connectivity index (χ3v) is 8.43. The van der Waals surface area contributed by atoms with Gasteiger partial charge in [0.2, 0.25) is 6.10 Å². The maximum atomic E-state index is 14.7. The lowest BCUT2D eigenvalue weighted by atomic mass is 9.84. The molecule has 0 saturated heterocycles. The molecule has 6 rings (SSSR count). The van der Waals surface area contributed by atoms with Crippen LogP contribution in [0.3, 0.4) is 0 Å². The van der Waals surface area contributed by atoms with Gasteiger partial charge in [0.05, 0.1) is 23.4 Å². The molecule has 0 aliphatic carbocycles. The van der Waals surface area contributed by atoms with Gasteiger partial charge in [0.25, 0.3) is 11.8 Å². The summed E-state index contributed by atoms with van der Waals surface area (Å²) in [6.07, 6.45) is 2.56. The molecule has 9 nitrogen and oxygen atoms in total. The number of carbonyl (C=O) groups is 3. The standard InChI is InChI=1S/C33H30ClFN4O5.ClH/c1-43-33(42)20-8-10-21(11-9-20)37-31(40)30-24-5-2-4-22(19-12-15-36-16-13-19)23(24)14-17-39(30)32(41)28-18-27(38-44-28)25-6-3-7-26(34)29(25)35;/h2-12,28,30,36H,13-18H2,1H3,(H,37,40);1H/t28-,30+;/m1./s1. The maximum Gasteiger partial charge on any atom is 0.337 e. The number of hydrogen-bond donors (Lipinski definition) is 2. The molecule has 3 aliphatic heterocycles. The van der Waals surface area contributed by atoms with E-state index in [1.807, 2.05) is 12.1 Å². The van der Waals surface area contributed by atoms with Crippen molar-refractivity contribution < 1.29 is 28.3 Å².